The topological polar surface area (TPSA) is 97.2 Å². The molecule has 0 radical (unpaired) electrons. The van der Waals surface area contributed by atoms with Gasteiger partial charge >= 0.3 is 5.76 Å². The number of nitrogens with one attached hydrogen (secondary N) is 2. The third-order valence-electron chi connectivity index (χ3n) is 3.32. The molecule has 126 valence electrons. The molecule has 2 N–H and O–H groups in total. The van der Waals surface area contributed by atoms with Crippen LogP contribution in [-0.4, -0.2) is 22.7 Å². The van der Waals surface area contributed by atoms with Gasteiger partial charge in [0.2, 0.25) is 0 Å². The molecular formula is C18H15N3O4. The second-order valence-electron chi connectivity index (χ2n) is 5.10. The van der Waals surface area contributed by atoms with Gasteiger partial charge in [0.25, 0.3) is 5.91 Å². The number of ether oxygens (including phenoxy) is 1. The SMILES string of the molecule is C=CCOc1ccc(C(=O)Nc2cccc(-c3noc(=O)[nH]3)c2)cc1. The van der Waals surface area contributed by atoms with Crippen molar-refractivity contribution in [3.63, 3.8) is 0 Å². The summed E-state index contributed by atoms with van der Waals surface area (Å²) in [5.41, 5.74) is 1.68. The van der Waals surface area contributed by atoms with Gasteiger partial charge in [-0.15, -0.1) is 0 Å². The fourth-order valence-electron chi connectivity index (χ4n) is 2.16. The highest BCUT2D eigenvalue weighted by Gasteiger charge is 2.09. The van der Waals surface area contributed by atoms with E-state index in [0.29, 0.717) is 35.0 Å². The van der Waals surface area contributed by atoms with Crippen molar-refractivity contribution >= 4 is 11.6 Å². The van der Waals surface area contributed by atoms with E-state index in [1.54, 1.807) is 54.6 Å². The first-order chi connectivity index (χ1) is 12.2. The van der Waals surface area contributed by atoms with Crippen LogP contribution in [0, 0.1) is 0 Å². The number of H-pyrrole nitrogens is 1. The molecular weight excluding hydrogens is 322 g/mol. The first-order valence-electron chi connectivity index (χ1n) is 7.47. The molecule has 2 aromatic carbocycles. The van der Waals surface area contributed by atoms with Crippen LogP contribution in [0.3, 0.4) is 0 Å². The molecule has 1 aromatic heterocycles. The Kier molecular flexibility index (Phi) is 4.75. The Labute approximate surface area is 142 Å². The molecule has 0 bridgehead atoms. The molecule has 25 heavy (non-hydrogen) atoms. The molecule has 3 rings (SSSR count). The van der Waals surface area contributed by atoms with Gasteiger partial charge in [-0.05, 0) is 36.4 Å². The summed E-state index contributed by atoms with van der Waals surface area (Å²) >= 11 is 0. The quantitative estimate of drug-likeness (QED) is 0.674. The Morgan fingerprint density at radius 3 is 2.76 bits per heavy atom. The van der Waals surface area contributed by atoms with Gasteiger partial charge in [0.15, 0.2) is 5.82 Å². The van der Waals surface area contributed by atoms with E-state index in [9.17, 15) is 9.59 Å². The molecule has 0 unspecified atom stereocenters. The highest BCUT2D eigenvalue weighted by molar-refractivity contribution is 6.04. The number of nitrogens with zero attached hydrogens (tertiary/aromatic N) is 1. The lowest BCUT2D eigenvalue weighted by Gasteiger charge is -2.07. The molecule has 1 amide bonds. The van der Waals surface area contributed by atoms with Crippen LogP contribution < -0.4 is 15.8 Å². The van der Waals surface area contributed by atoms with E-state index in [-0.39, 0.29) is 5.91 Å². The highest BCUT2D eigenvalue weighted by atomic mass is 16.5. The van der Waals surface area contributed by atoms with E-state index in [0.717, 1.165) is 0 Å². The molecule has 0 aliphatic heterocycles. The van der Waals surface area contributed by atoms with E-state index in [1.807, 2.05) is 0 Å². The third kappa shape index (κ3) is 4.03. The van der Waals surface area contributed by atoms with Crippen molar-refractivity contribution in [3.05, 3.63) is 77.3 Å². The molecule has 0 atom stereocenters. The molecule has 7 nitrogen and oxygen atoms in total. The second-order valence-corrected chi connectivity index (χ2v) is 5.10. The van der Waals surface area contributed by atoms with Crippen LogP contribution in [0.1, 0.15) is 10.4 Å². The van der Waals surface area contributed by atoms with Gasteiger partial charge in [-0.2, -0.15) is 0 Å². The predicted octanol–water partition coefficient (Wildman–Crippen LogP) is 2.85. The number of hydrogen-bond donors (Lipinski definition) is 2. The van der Waals surface area contributed by atoms with Crippen molar-refractivity contribution in [3.8, 4) is 17.1 Å². The van der Waals surface area contributed by atoms with Crippen molar-refractivity contribution in [2.24, 2.45) is 0 Å². The summed E-state index contributed by atoms with van der Waals surface area (Å²) in [6.07, 6.45) is 1.65. The number of aromatic amines is 1. The van der Waals surface area contributed by atoms with E-state index in [4.69, 9.17) is 4.74 Å². The maximum atomic E-state index is 12.3. The van der Waals surface area contributed by atoms with Crippen molar-refractivity contribution in [2.45, 2.75) is 0 Å². The van der Waals surface area contributed by atoms with Gasteiger partial charge in [-0.3, -0.25) is 14.3 Å². The number of carbonyl (C=O) groups excluding carboxylic acids is 1. The predicted molar refractivity (Wildman–Crippen MR) is 92.6 cm³/mol. The maximum Gasteiger partial charge on any atom is 0.439 e. The Bertz CT molecular complexity index is 941. The monoisotopic (exact) mass is 337 g/mol. The van der Waals surface area contributed by atoms with Crippen LogP contribution in [0.2, 0.25) is 0 Å². The van der Waals surface area contributed by atoms with Crippen molar-refractivity contribution in [2.75, 3.05) is 11.9 Å². The van der Waals surface area contributed by atoms with E-state index in [2.05, 4.69) is 26.6 Å². The van der Waals surface area contributed by atoms with Crippen LogP contribution in [-0.2, 0) is 0 Å². The summed E-state index contributed by atoms with van der Waals surface area (Å²) in [6, 6.07) is 13.7. The molecule has 0 aliphatic rings. The van der Waals surface area contributed by atoms with Crippen molar-refractivity contribution in [1.29, 1.82) is 0 Å². The van der Waals surface area contributed by atoms with Crippen LogP contribution >= 0.6 is 0 Å². The van der Waals surface area contributed by atoms with Crippen molar-refractivity contribution in [1.82, 2.24) is 10.1 Å². The molecule has 0 aliphatic carbocycles. The van der Waals surface area contributed by atoms with Gasteiger partial charge in [0, 0.05) is 16.8 Å². The average Bonchev–Trinajstić information content (AvgIpc) is 3.07. The number of amides is 1. The maximum absolute atomic E-state index is 12.3. The molecule has 1 heterocycles. The van der Waals surface area contributed by atoms with Crippen LogP contribution in [0.4, 0.5) is 5.69 Å². The molecule has 0 saturated heterocycles. The molecule has 0 spiro atoms. The van der Waals surface area contributed by atoms with E-state index >= 15 is 0 Å². The minimum Gasteiger partial charge on any atom is -0.490 e. The number of benzene rings is 2. The summed E-state index contributed by atoms with van der Waals surface area (Å²) in [5.74, 6) is 0.0579. The van der Waals surface area contributed by atoms with Gasteiger partial charge < -0.3 is 10.1 Å². The van der Waals surface area contributed by atoms with Gasteiger partial charge in [-0.25, -0.2) is 4.79 Å². The molecule has 7 heteroatoms. The number of rotatable bonds is 6. The zero-order valence-corrected chi connectivity index (χ0v) is 13.2. The smallest absolute Gasteiger partial charge is 0.439 e. The number of aromatic nitrogens is 2. The van der Waals surface area contributed by atoms with Crippen molar-refractivity contribution < 1.29 is 14.1 Å². The standard InChI is InChI=1S/C18H15N3O4/c1-2-10-24-15-8-6-12(7-9-15)17(22)19-14-5-3-4-13(11-14)16-20-18(23)25-21-16/h2-9,11H,1,10H2,(H,19,22)(H,20,21,23). The van der Waals surface area contributed by atoms with Gasteiger partial charge in [-0.1, -0.05) is 29.9 Å². The number of hydrogen-bond acceptors (Lipinski definition) is 5. The van der Waals surface area contributed by atoms with Gasteiger partial charge in [0.05, 0.1) is 0 Å². The minimum atomic E-state index is -0.636. The molecule has 3 aromatic rings. The Balaban J connectivity index is 1.72. The summed E-state index contributed by atoms with van der Waals surface area (Å²) in [6.45, 7) is 3.98. The first kappa shape index (κ1) is 16.3. The largest absolute Gasteiger partial charge is 0.490 e. The summed E-state index contributed by atoms with van der Waals surface area (Å²) in [5, 5.41) is 6.41. The zero-order valence-electron chi connectivity index (χ0n) is 13.2. The molecule has 0 saturated carbocycles. The second kappa shape index (κ2) is 7.31. The van der Waals surface area contributed by atoms with Crippen LogP contribution in [0.5, 0.6) is 5.75 Å². The first-order valence-corrected chi connectivity index (χ1v) is 7.47. The lowest BCUT2D eigenvalue weighted by Crippen LogP contribution is -2.11. The zero-order chi connectivity index (χ0) is 17.6. The van der Waals surface area contributed by atoms with Crippen LogP contribution in [0.25, 0.3) is 11.4 Å². The summed E-state index contributed by atoms with van der Waals surface area (Å²) < 4.78 is 9.86. The van der Waals surface area contributed by atoms with Crippen LogP contribution in [0.15, 0.2) is 70.5 Å². The van der Waals surface area contributed by atoms with E-state index in [1.165, 1.54) is 0 Å². The Morgan fingerprint density at radius 2 is 2.08 bits per heavy atom. The minimum absolute atomic E-state index is 0.263. The Hall–Kier alpha value is -3.61. The third-order valence-corrected chi connectivity index (χ3v) is 3.32. The fraction of sp³-hybridized carbons (Fsp3) is 0.0556. The lowest BCUT2D eigenvalue weighted by molar-refractivity contribution is 0.102. The number of carbonyl (C=O) groups is 1. The van der Waals surface area contributed by atoms with E-state index < -0.39 is 5.76 Å². The summed E-state index contributed by atoms with van der Waals surface area (Å²) in [4.78, 5) is 25.8. The normalized spacial score (nSPS) is 10.2. The van der Waals surface area contributed by atoms with Gasteiger partial charge in [0.1, 0.15) is 12.4 Å². The number of anilines is 1. The summed E-state index contributed by atoms with van der Waals surface area (Å²) in [7, 11) is 0. The lowest BCUT2D eigenvalue weighted by atomic mass is 10.1. The molecule has 0 fully saturated rings. The Morgan fingerprint density at radius 1 is 1.28 bits per heavy atom. The average molecular weight is 337 g/mol. The fourth-order valence-corrected chi connectivity index (χ4v) is 2.16. The highest BCUT2D eigenvalue weighted by Crippen LogP contribution is 2.19.